The molecule has 3 aliphatic rings. The van der Waals surface area contributed by atoms with Crippen LogP contribution in [0.3, 0.4) is 0 Å². The van der Waals surface area contributed by atoms with E-state index in [0.717, 1.165) is 40.8 Å². The molecule has 2 fully saturated rings. The molecule has 3 aromatic carbocycles. The van der Waals surface area contributed by atoms with Gasteiger partial charge in [0.15, 0.2) is 11.5 Å². The normalized spacial score (nSPS) is 19.3. The Kier molecular flexibility index (Phi) is 5.45. The fourth-order valence-corrected chi connectivity index (χ4v) is 5.13. The second-order valence-electron chi connectivity index (χ2n) is 9.90. The summed E-state index contributed by atoms with van der Waals surface area (Å²) in [6.45, 7) is 3.20. The van der Waals surface area contributed by atoms with E-state index in [2.05, 4.69) is 5.32 Å². The third kappa shape index (κ3) is 3.99. The molecule has 0 bridgehead atoms. The van der Waals surface area contributed by atoms with E-state index in [-0.39, 0.29) is 18.6 Å². The maximum Gasteiger partial charge on any atom is 0.253 e. The number of β-amino-alcohol motifs (C(OH)–C–C–N with tert-alkyl or cyclic N) is 1. The quantitative estimate of drug-likeness (QED) is 0.565. The van der Waals surface area contributed by atoms with E-state index < -0.39 is 11.5 Å². The largest absolute Gasteiger partial charge is 0.454 e. The van der Waals surface area contributed by atoms with Crippen LogP contribution in [0.1, 0.15) is 40.7 Å². The van der Waals surface area contributed by atoms with Crippen LogP contribution < -0.4 is 14.8 Å². The number of fused-ring (bicyclic) bond motifs is 1. The minimum atomic E-state index is -0.544. The molecule has 6 rings (SSSR count). The topological polar surface area (TPSA) is 88.1 Å². The molecule has 2 N–H and O–H groups in total. The van der Waals surface area contributed by atoms with Crippen LogP contribution in [-0.4, -0.2) is 47.8 Å². The number of benzene rings is 3. The molecule has 0 radical (unpaired) electrons. The summed E-state index contributed by atoms with van der Waals surface area (Å²) in [6.07, 6.45) is 1.77. The van der Waals surface area contributed by atoms with Crippen LogP contribution >= 0.6 is 0 Å². The van der Waals surface area contributed by atoms with Crippen molar-refractivity contribution in [1.82, 2.24) is 4.90 Å². The fraction of sp³-hybridized carbons (Fsp3) is 0.310. The highest BCUT2D eigenvalue weighted by Crippen LogP contribution is 2.51. The Morgan fingerprint density at radius 1 is 1.00 bits per heavy atom. The molecule has 1 saturated carbocycles. The zero-order valence-corrected chi connectivity index (χ0v) is 20.1. The summed E-state index contributed by atoms with van der Waals surface area (Å²) in [5.41, 5.74) is 4.79. The van der Waals surface area contributed by atoms with Crippen molar-refractivity contribution < 1.29 is 24.2 Å². The lowest BCUT2D eigenvalue weighted by Crippen LogP contribution is -2.29. The number of nitrogens with one attached hydrogen (secondary N) is 1. The standard InChI is InChI=1S/C29H28N2O5/c1-18-2-8-22(30-28(34)29(11-12-29)21-7-9-25-26(14-21)36-17-35-25)15-24(18)19-3-5-20(6-4-19)27(33)31-13-10-23(32)16-31/h2-9,14-15,23,32H,10-13,16-17H2,1H3,(H,30,34)/t23-/m1/s1. The van der Waals surface area contributed by atoms with Gasteiger partial charge in [-0.25, -0.2) is 0 Å². The minimum absolute atomic E-state index is 0.0232. The highest BCUT2D eigenvalue weighted by molar-refractivity contribution is 6.02. The van der Waals surface area contributed by atoms with Crippen molar-refractivity contribution in [2.45, 2.75) is 37.7 Å². The van der Waals surface area contributed by atoms with Crippen molar-refractivity contribution in [1.29, 1.82) is 0 Å². The van der Waals surface area contributed by atoms with E-state index in [9.17, 15) is 14.7 Å². The van der Waals surface area contributed by atoms with Gasteiger partial charge in [0.25, 0.3) is 5.91 Å². The average Bonchev–Trinajstić information content (AvgIpc) is 3.37. The smallest absolute Gasteiger partial charge is 0.253 e. The van der Waals surface area contributed by atoms with E-state index in [1.54, 1.807) is 4.90 Å². The first-order chi connectivity index (χ1) is 17.4. The van der Waals surface area contributed by atoms with Gasteiger partial charge in [0.1, 0.15) is 0 Å². The van der Waals surface area contributed by atoms with E-state index >= 15 is 0 Å². The van der Waals surface area contributed by atoms with Crippen molar-refractivity contribution in [2.24, 2.45) is 0 Å². The number of aryl methyl sites for hydroxylation is 1. The Hall–Kier alpha value is -3.84. The highest BCUT2D eigenvalue weighted by Gasteiger charge is 2.51. The van der Waals surface area contributed by atoms with Crippen LogP contribution in [0, 0.1) is 6.92 Å². The lowest BCUT2D eigenvalue weighted by molar-refractivity contribution is -0.118. The Morgan fingerprint density at radius 2 is 1.78 bits per heavy atom. The summed E-state index contributed by atoms with van der Waals surface area (Å²) >= 11 is 0. The third-order valence-corrected chi connectivity index (χ3v) is 7.50. The van der Waals surface area contributed by atoms with Crippen molar-refractivity contribution in [3.8, 4) is 22.6 Å². The van der Waals surface area contributed by atoms with Gasteiger partial charge >= 0.3 is 0 Å². The zero-order valence-electron chi connectivity index (χ0n) is 20.1. The number of rotatable bonds is 5. The van der Waals surface area contributed by atoms with Gasteiger partial charge in [0, 0.05) is 24.3 Å². The van der Waals surface area contributed by atoms with Crippen molar-refractivity contribution in [2.75, 3.05) is 25.2 Å². The number of likely N-dealkylation sites (tertiary alicyclic amines) is 1. The first-order valence-electron chi connectivity index (χ1n) is 12.3. The van der Waals surface area contributed by atoms with Gasteiger partial charge in [-0.05, 0) is 84.8 Å². The molecule has 1 aliphatic carbocycles. The van der Waals surface area contributed by atoms with Crippen LogP contribution in [0.5, 0.6) is 11.5 Å². The van der Waals surface area contributed by atoms with Crippen molar-refractivity contribution >= 4 is 17.5 Å². The molecule has 0 spiro atoms. The summed E-state index contributed by atoms with van der Waals surface area (Å²) < 4.78 is 10.9. The predicted octanol–water partition coefficient (Wildman–Crippen LogP) is 4.27. The number of hydrogen-bond acceptors (Lipinski definition) is 5. The monoisotopic (exact) mass is 484 g/mol. The van der Waals surface area contributed by atoms with Crippen LogP contribution in [0.4, 0.5) is 5.69 Å². The highest BCUT2D eigenvalue weighted by atomic mass is 16.7. The molecule has 7 nitrogen and oxygen atoms in total. The number of aliphatic hydroxyl groups excluding tert-OH is 1. The lowest BCUT2D eigenvalue weighted by Gasteiger charge is -2.18. The molecule has 2 aliphatic heterocycles. The molecule has 0 unspecified atom stereocenters. The van der Waals surface area contributed by atoms with Gasteiger partial charge in [-0.1, -0.05) is 24.3 Å². The summed E-state index contributed by atoms with van der Waals surface area (Å²) in [5, 5.41) is 12.9. The van der Waals surface area contributed by atoms with E-state index in [4.69, 9.17) is 9.47 Å². The SMILES string of the molecule is Cc1ccc(NC(=O)C2(c3ccc4c(c3)OCO4)CC2)cc1-c1ccc(C(=O)N2CC[C@@H](O)C2)cc1. The number of aliphatic hydroxyl groups is 1. The molecule has 0 aromatic heterocycles. The maximum absolute atomic E-state index is 13.4. The van der Waals surface area contributed by atoms with E-state index in [0.29, 0.717) is 36.6 Å². The first kappa shape index (κ1) is 22.6. The Bertz CT molecular complexity index is 1350. The molecule has 36 heavy (non-hydrogen) atoms. The summed E-state index contributed by atoms with van der Waals surface area (Å²) in [7, 11) is 0. The van der Waals surface area contributed by atoms with E-state index in [1.165, 1.54) is 0 Å². The lowest BCUT2D eigenvalue weighted by atomic mass is 9.94. The summed E-state index contributed by atoms with van der Waals surface area (Å²) in [6, 6.07) is 19.2. The molecular formula is C29H28N2O5. The minimum Gasteiger partial charge on any atom is -0.454 e. The first-order valence-corrected chi connectivity index (χ1v) is 12.3. The van der Waals surface area contributed by atoms with Crippen molar-refractivity contribution in [3.63, 3.8) is 0 Å². The van der Waals surface area contributed by atoms with Crippen LogP contribution in [-0.2, 0) is 10.2 Å². The van der Waals surface area contributed by atoms with Crippen LogP contribution in [0.15, 0.2) is 60.7 Å². The van der Waals surface area contributed by atoms with Crippen LogP contribution in [0.25, 0.3) is 11.1 Å². The number of carbonyl (C=O) groups is 2. The number of carbonyl (C=O) groups excluding carboxylic acids is 2. The zero-order chi connectivity index (χ0) is 24.9. The second-order valence-corrected chi connectivity index (χ2v) is 9.90. The third-order valence-electron chi connectivity index (χ3n) is 7.50. The number of hydrogen-bond donors (Lipinski definition) is 2. The Morgan fingerprint density at radius 3 is 2.50 bits per heavy atom. The molecular weight excluding hydrogens is 456 g/mol. The van der Waals surface area contributed by atoms with E-state index in [1.807, 2.05) is 67.6 Å². The fourth-order valence-electron chi connectivity index (χ4n) is 5.13. The molecule has 1 atom stereocenters. The van der Waals surface area contributed by atoms with Gasteiger partial charge in [-0.15, -0.1) is 0 Å². The molecule has 3 aromatic rings. The Balaban J connectivity index is 1.20. The van der Waals surface area contributed by atoms with Crippen molar-refractivity contribution in [3.05, 3.63) is 77.4 Å². The second kappa shape index (κ2) is 8.68. The Labute approximate surface area is 209 Å². The molecule has 184 valence electrons. The summed E-state index contributed by atoms with van der Waals surface area (Å²) in [5.74, 6) is 1.31. The number of nitrogens with zero attached hydrogens (tertiary/aromatic N) is 1. The number of anilines is 1. The molecule has 2 heterocycles. The van der Waals surface area contributed by atoms with Crippen LogP contribution in [0.2, 0.25) is 0 Å². The summed E-state index contributed by atoms with van der Waals surface area (Å²) in [4.78, 5) is 27.8. The van der Waals surface area contributed by atoms with Gasteiger partial charge in [0.2, 0.25) is 12.7 Å². The number of amides is 2. The maximum atomic E-state index is 13.4. The molecule has 2 amide bonds. The van der Waals surface area contributed by atoms with Gasteiger partial charge < -0.3 is 24.8 Å². The van der Waals surface area contributed by atoms with Gasteiger partial charge in [0.05, 0.1) is 11.5 Å². The molecule has 1 saturated heterocycles. The molecule has 7 heteroatoms. The average molecular weight is 485 g/mol. The van der Waals surface area contributed by atoms with Gasteiger partial charge in [-0.3, -0.25) is 9.59 Å². The number of ether oxygens (including phenoxy) is 2. The predicted molar refractivity (Wildman–Crippen MR) is 135 cm³/mol. The van der Waals surface area contributed by atoms with Gasteiger partial charge in [-0.2, -0.15) is 0 Å².